The molecule has 118 valence electrons. The summed E-state index contributed by atoms with van der Waals surface area (Å²) in [5.74, 6) is 0.800. The maximum atomic E-state index is 11.4. The smallest absolute Gasteiger partial charge is 0.407 e. The third kappa shape index (κ3) is 7.02. The van der Waals surface area contributed by atoms with Crippen molar-refractivity contribution in [2.24, 2.45) is 0 Å². The predicted octanol–water partition coefficient (Wildman–Crippen LogP) is 3.89. The molecule has 0 aliphatic carbocycles. The van der Waals surface area contributed by atoms with E-state index in [4.69, 9.17) is 9.47 Å². The Labute approximate surface area is 127 Å². The van der Waals surface area contributed by atoms with Crippen LogP contribution in [0.3, 0.4) is 0 Å². The van der Waals surface area contributed by atoms with Crippen molar-refractivity contribution < 1.29 is 14.3 Å². The summed E-state index contributed by atoms with van der Waals surface area (Å²) < 4.78 is 10.7. The van der Waals surface area contributed by atoms with Crippen LogP contribution in [0.4, 0.5) is 4.79 Å². The zero-order valence-electron chi connectivity index (χ0n) is 13.9. The van der Waals surface area contributed by atoms with Crippen molar-refractivity contribution >= 4 is 6.09 Å². The van der Waals surface area contributed by atoms with Gasteiger partial charge in [-0.25, -0.2) is 4.79 Å². The molecule has 0 radical (unpaired) electrons. The van der Waals surface area contributed by atoms with E-state index in [9.17, 15) is 4.79 Å². The summed E-state index contributed by atoms with van der Waals surface area (Å²) in [6.45, 7) is 12.8. The van der Waals surface area contributed by atoms with Crippen LogP contribution < -0.4 is 10.1 Å². The van der Waals surface area contributed by atoms with Gasteiger partial charge in [0.1, 0.15) is 18.0 Å². The van der Waals surface area contributed by atoms with Gasteiger partial charge in [0, 0.05) is 0 Å². The molecule has 4 heteroatoms. The van der Waals surface area contributed by atoms with Crippen molar-refractivity contribution in [2.45, 2.75) is 52.6 Å². The minimum atomic E-state index is -0.478. The van der Waals surface area contributed by atoms with Crippen molar-refractivity contribution in [1.29, 1.82) is 0 Å². The van der Waals surface area contributed by atoms with Gasteiger partial charge in [-0.1, -0.05) is 32.9 Å². The fraction of sp³-hybridized carbons (Fsp3) is 0.588. The topological polar surface area (TPSA) is 47.6 Å². The molecule has 1 N–H and O–H groups in total. The van der Waals surface area contributed by atoms with Crippen molar-refractivity contribution in [3.63, 3.8) is 0 Å². The highest BCUT2D eigenvalue weighted by molar-refractivity contribution is 5.67. The van der Waals surface area contributed by atoms with E-state index in [1.807, 2.05) is 32.9 Å². The molecule has 21 heavy (non-hydrogen) atoms. The number of carbonyl (C=O) groups excluding carboxylic acids is 1. The summed E-state index contributed by atoms with van der Waals surface area (Å²) >= 11 is 0. The molecule has 1 rings (SSSR count). The zero-order valence-corrected chi connectivity index (χ0v) is 13.9. The van der Waals surface area contributed by atoms with E-state index >= 15 is 0 Å². The number of nitrogens with one attached hydrogen (secondary N) is 1. The summed E-state index contributed by atoms with van der Waals surface area (Å²) in [6.07, 6.45) is -0.422. The van der Waals surface area contributed by atoms with Crippen molar-refractivity contribution in [3.05, 3.63) is 29.8 Å². The van der Waals surface area contributed by atoms with Gasteiger partial charge < -0.3 is 14.8 Å². The Morgan fingerprint density at radius 2 is 1.62 bits per heavy atom. The second-order valence-corrected chi connectivity index (χ2v) is 7.05. The van der Waals surface area contributed by atoms with Gasteiger partial charge in [0.05, 0.1) is 6.54 Å². The van der Waals surface area contributed by atoms with Crippen molar-refractivity contribution in [2.75, 3.05) is 13.2 Å². The largest absolute Gasteiger partial charge is 0.492 e. The Morgan fingerprint density at radius 3 is 2.10 bits per heavy atom. The van der Waals surface area contributed by atoms with Crippen LogP contribution in [-0.2, 0) is 10.2 Å². The lowest BCUT2D eigenvalue weighted by atomic mass is 9.87. The normalized spacial score (nSPS) is 11.9. The van der Waals surface area contributed by atoms with Crippen LogP contribution in [0.2, 0.25) is 0 Å². The molecular formula is C17H27NO3. The maximum absolute atomic E-state index is 11.4. The monoisotopic (exact) mass is 293 g/mol. The zero-order chi connectivity index (χ0) is 16.1. The highest BCUT2D eigenvalue weighted by Gasteiger charge is 2.15. The molecule has 0 unspecified atom stereocenters. The minimum Gasteiger partial charge on any atom is -0.492 e. The van der Waals surface area contributed by atoms with E-state index in [2.05, 4.69) is 38.2 Å². The van der Waals surface area contributed by atoms with Crippen LogP contribution in [0.1, 0.15) is 47.1 Å². The molecule has 0 heterocycles. The Bertz CT molecular complexity index is 452. The number of ether oxygens (including phenoxy) is 2. The summed E-state index contributed by atoms with van der Waals surface area (Å²) in [7, 11) is 0. The second kappa shape index (κ2) is 6.83. The highest BCUT2D eigenvalue weighted by Crippen LogP contribution is 2.24. The quantitative estimate of drug-likeness (QED) is 0.857. The van der Waals surface area contributed by atoms with E-state index in [0.29, 0.717) is 13.2 Å². The third-order valence-electron chi connectivity index (χ3n) is 2.76. The molecule has 0 aliphatic rings. The van der Waals surface area contributed by atoms with E-state index < -0.39 is 11.7 Å². The molecule has 0 bridgehead atoms. The molecule has 1 aromatic carbocycles. The average Bonchev–Trinajstić information content (AvgIpc) is 2.32. The van der Waals surface area contributed by atoms with Gasteiger partial charge in [-0.2, -0.15) is 0 Å². The summed E-state index contributed by atoms with van der Waals surface area (Å²) in [4.78, 5) is 11.4. The molecule has 0 saturated heterocycles. The number of hydrogen-bond acceptors (Lipinski definition) is 3. The van der Waals surface area contributed by atoms with Crippen molar-refractivity contribution in [3.8, 4) is 5.75 Å². The maximum Gasteiger partial charge on any atom is 0.407 e. The first kappa shape index (κ1) is 17.3. The van der Waals surface area contributed by atoms with Gasteiger partial charge >= 0.3 is 6.09 Å². The molecule has 0 fully saturated rings. The van der Waals surface area contributed by atoms with Gasteiger partial charge in [0.25, 0.3) is 0 Å². The number of amides is 1. The highest BCUT2D eigenvalue weighted by atomic mass is 16.6. The lowest BCUT2D eigenvalue weighted by Crippen LogP contribution is -2.34. The van der Waals surface area contributed by atoms with Crippen LogP contribution in [0.15, 0.2) is 24.3 Å². The first-order valence-corrected chi connectivity index (χ1v) is 7.28. The fourth-order valence-corrected chi connectivity index (χ4v) is 1.69. The average molecular weight is 293 g/mol. The summed E-state index contributed by atoms with van der Waals surface area (Å²) in [5.41, 5.74) is 0.923. The van der Waals surface area contributed by atoms with Crippen LogP contribution in [0, 0.1) is 0 Å². The Morgan fingerprint density at radius 1 is 1.05 bits per heavy atom. The van der Waals surface area contributed by atoms with Gasteiger partial charge in [-0.15, -0.1) is 0 Å². The lowest BCUT2D eigenvalue weighted by Gasteiger charge is -2.20. The summed E-state index contributed by atoms with van der Waals surface area (Å²) in [5, 5.41) is 2.66. The van der Waals surface area contributed by atoms with E-state index in [-0.39, 0.29) is 5.41 Å². The van der Waals surface area contributed by atoms with Gasteiger partial charge in [0.2, 0.25) is 0 Å². The van der Waals surface area contributed by atoms with Gasteiger partial charge in [-0.05, 0) is 43.9 Å². The lowest BCUT2D eigenvalue weighted by molar-refractivity contribution is 0.0520. The molecule has 0 atom stereocenters. The first-order valence-electron chi connectivity index (χ1n) is 7.28. The molecule has 1 aromatic rings. The summed E-state index contributed by atoms with van der Waals surface area (Å²) in [6, 6.07) is 8.04. The van der Waals surface area contributed by atoms with E-state index in [1.54, 1.807) is 0 Å². The predicted molar refractivity (Wildman–Crippen MR) is 84.9 cm³/mol. The Kier molecular flexibility index (Phi) is 5.64. The van der Waals surface area contributed by atoms with Crippen LogP contribution >= 0.6 is 0 Å². The van der Waals surface area contributed by atoms with Gasteiger partial charge in [0.15, 0.2) is 0 Å². The van der Waals surface area contributed by atoms with Crippen LogP contribution in [-0.4, -0.2) is 24.8 Å². The standard InChI is InChI=1S/C17H27NO3/c1-16(2,3)13-7-9-14(10-8-13)20-12-11-18-15(19)21-17(4,5)6/h7-10H,11-12H2,1-6H3,(H,18,19). The van der Waals surface area contributed by atoms with Crippen LogP contribution in [0.5, 0.6) is 5.75 Å². The number of carbonyl (C=O) groups is 1. The third-order valence-corrected chi connectivity index (χ3v) is 2.76. The molecular weight excluding hydrogens is 266 g/mol. The minimum absolute atomic E-state index is 0.136. The Hall–Kier alpha value is -1.71. The molecule has 1 amide bonds. The molecule has 0 aromatic heterocycles. The molecule has 4 nitrogen and oxygen atoms in total. The van der Waals surface area contributed by atoms with Crippen molar-refractivity contribution in [1.82, 2.24) is 5.32 Å². The number of benzene rings is 1. The Balaban J connectivity index is 2.32. The van der Waals surface area contributed by atoms with E-state index in [0.717, 1.165) is 5.75 Å². The molecule has 0 saturated carbocycles. The molecule has 0 aliphatic heterocycles. The SMILES string of the molecule is CC(C)(C)OC(=O)NCCOc1ccc(C(C)(C)C)cc1. The number of rotatable bonds is 4. The molecule has 0 spiro atoms. The number of alkyl carbamates (subject to hydrolysis) is 1. The first-order chi connectivity index (χ1) is 9.58. The van der Waals surface area contributed by atoms with Crippen LogP contribution in [0.25, 0.3) is 0 Å². The van der Waals surface area contributed by atoms with Gasteiger partial charge in [-0.3, -0.25) is 0 Å². The van der Waals surface area contributed by atoms with E-state index in [1.165, 1.54) is 5.56 Å². The number of hydrogen-bond donors (Lipinski definition) is 1. The second-order valence-electron chi connectivity index (χ2n) is 7.05. The fourth-order valence-electron chi connectivity index (χ4n) is 1.69.